The predicted octanol–water partition coefficient (Wildman–Crippen LogP) is 5.19. The molecule has 2 aromatic carbocycles. The fraction of sp³-hybridized carbons (Fsp3) is 0.481. The van der Waals surface area contributed by atoms with E-state index in [1.165, 1.54) is 0 Å². The lowest BCUT2D eigenvalue weighted by atomic mass is 9.98. The molecule has 1 atom stereocenters. The van der Waals surface area contributed by atoms with E-state index >= 15 is 0 Å². The van der Waals surface area contributed by atoms with Crippen LogP contribution in [-0.2, 0) is 10.0 Å². The SMILES string of the molecule is CN1c2ccc(C(N)=O)cc2NC1(CCO[Si](C)(C)C(C)(C)C)Nc1nc2ccc(C(C)(C)O)cc2o1. The van der Waals surface area contributed by atoms with Gasteiger partial charge in [-0.3, -0.25) is 10.1 Å². The van der Waals surface area contributed by atoms with Gasteiger partial charge in [0.05, 0.1) is 17.0 Å². The number of carbonyl (C=O) groups is 1. The minimum atomic E-state index is -1.98. The fourth-order valence-corrected chi connectivity index (χ4v) is 5.25. The van der Waals surface area contributed by atoms with Gasteiger partial charge in [0.15, 0.2) is 19.7 Å². The Labute approximate surface area is 219 Å². The van der Waals surface area contributed by atoms with Crippen molar-refractivity contribution < 1.29 is 18.7 Å². The predicted molar refractivity (Wildman–Crippen MR) is 150 cm³/mol. The second-order valence-corrected chi connectivity index (χ2v) is 16.7. The maximum atomic E-state index is 11.8. The Bertz CT molecular complexity index is 1320. The third kappa shape index (κ3) is 5.18. The molecule has 0 bridgehead atoms. The average Bonchev–Trinajstić information content (AvgIpc) is 3.29. The van der Waals surface area contributed by atoms with E-state index in [0.29, 0.717) is 35.7 Å². The average molecular weight is 526 g/mol. The van der Waals surface area contributed by atoms with E-state index < -0.39 is 25.6 Å². The van der Waals surface area contributed by atoms with Crippen molar-refractivity contribution in [2.24, 2.45) is 5.73 Å². The number of oxazole rings is 1. The van der Waals surface area contributed by atoms with Crippen molar-refractivity contribution in [1.29, 1.82) is 0 Å². The van der Waals surface area contributed by atoms with Crippen LogP contribution in [0.3, 0.4) is 0 Å². The number of aliphatic hydroxyl groups is 1. The molecule has 0 radical (unpaired) electrons. The Morgan fingerprint density at radius 3 is 2.54 bits per heavy atom. The molecule has 1 aromatic heterocycles. The van der Waals surface area contributed by atoms with Gasteiger partial charge in [0.2, 0.25) is 5.91 Å². The number of aromatic nitrogens is 1. The largest absolute Gasteiger partial charge is 0.423 e. The molecular weight excluding hydrogens is 486 g/mol. The fourth-order valence-electron chi connectivity index (χ4n) is 4.21. The normalized spacial score (nSPS) is 18.1. The van der Waals surface area contributed by atoms with Gasteiger partial charge < -0.3 is 29.9 Å². The van der Waals surface area contributed by atoms with Crippen molar-refractivity contribution in [3.63, 3.8) is 0 Å². The Balaban J connectivity index is 1.68. The molecular formula is C27H39N5O4Si. The van der Waals surface area contributed by atoms with Crippen molar-refractivity contribution in [3.05, 3.63) is 47.5 Å². The van der Waals surface area contributed by atoms with Gasteiger partial charge in [-0.2, -0.15) is 4.98 Å². The van der Waals surface area contributed by atoms with Crippen LogP contribution in [0.4, 0.5) is 17.4 Å². The van der Waals surface area contributed by atoms with Gasteiger partial charge in [-0.05, 0) is 67.9 Å². The second-order valence-electron chi connectivity index (χ2n) is 11.9. The summed E-state index contributed by atoms with van der Waals surface area (Å²) in [5, 5.41) is 17.5. The van der Waals surface area contributed by atoms with Crippen molar-refractivity contribution in [1.82, 2.24) is 4.98 Å². The van der Waals surface area contributed by atoms with Crippen molar-refractivity contribution in [3.8, 4) is 0 Å². The third-order valence-corrected chi connectivity index (χ3v) is 12.2. The quantitative estimate of drug-likeness (QED) is 0.296. The maximum absolute atomic E-state index is 11.8. The Hall–Kier alpha value is -3.08. The molecule has 0 saturated carbocycles. The number of nitrogens with one attached hydrogen (secondary N) is 2. The Morgan fingerprint density at radius 1 is 1.22 bits per heavy atom. The number of rotatable bonds is 8. The zero-order valence-electron chi connectivity index (χ0n) is 23.0. The van der Waals surface area contributed by atoms with E-state index in [9.17, 15) is 9.90 Å². The summed E-state index contributed by atoms with van der Waals surface area (Å²) in [4.78, 5) is 18.5. The van der Waals surface area contributed by atoms with Crippen LogP contribution in [0.5, 0.6) is 0 Å². The van der Waals surface area contributed by atoms with Crippen molar-refractivity contribution in [2.45, 2.75) is 70.6 Å². The highest BCUT2D eigenvalue weighted by Crippen LogP contribution is 2.43. The number of primary amides is 1. The van der Waals surface area contributed by atoms with E-state index in [1.54, 1.807) is 32.0 Å². The highest BCUT2D eigenvalue weighted by Gasteiger charge is 2.44. The first-order valence-electron chi connectivity index (χ1n) is 12.5. The van der Waals surface area contributed by atoms with Gasteiger partial charge in [-0.1, -0.05) is 26.8 Å². The van der Waals surface area contributed by atoms with Crippen molar-refractivity contribution in [2.75, 3.05) is 29.2 Å². The van der Waals surface area contributed by atoms with E-state index in [-0.39, 0.29) is 5.04 Å². The van der Waals surface area contributed by atoms with E-state index in [0.717, 1.165) is 16.9 Å². The lowest BCUT2D eigenvalue weighted by Gasteiger charge is -2.40. The van der Waals surface area contributed by atoms with Crippen LogP contribution in [-0.4, -0.2) is 43.8 Å². The van der Waals surface area contributed by atoms with Gasteiger partial charge in [-0.25, -0.2) is 0 Å². The third-order valence-electron chi connectivity index (χ3n) is 7.70. The summed E-state index contributed by atoms with van der Waals surface area (Å²) < 4.78 is 12.6. The number of nitrogens with two attached hydrogens (primary N) is 1. The molecule has 0 saturated heterocycles. The molecule has 0 fully saturated rings. The van der Waals surface area contributed by atoms with Gasteiger partial charge in [0.1, 0.15) is 5.52 Å². The molecule has 1 unspecified atom stereocenters. The minimum Gasteiger partial charge on any atom is -0.423 e. The number of fused-ring (bicyclic) bond motifs is 2. The summed E-state index contributed by atoms with van der Waals surface area (Å²) in [6.45, 7) is 15.1. The standard InChI is InChI=1S/C27H39N5O4Si/c1-25(2,3)37(7,8)35-14-13-27(30-20-15-17(23(28)33)9-12-21(20)32(27)6)31-24-29-19-11-10-18(26(4,5)34)16-22(19)36-24/h9-12,15-16,30,34H,13-14H2,1-8H3,(H2,28,33)(H,29,31). The summed E-state index contributed by atoms with van der Waals surface area (Å²) in [6.07, 6.45) is 0.560. The molecule has 0 aliphatic carbocycles. The monoisotopic (exact) mass is 525 g/mol. The zero-order chi connectivity index (χ0) is 27.4. The number of anilines is 3. The molecule has 3 aromatic rings. The summed E-state index contributed by atoms with van der Waals surface area (Å²) in [7, 11) is -0.00680. The molecule has 200 valence electrons. The number of nitrogens with zero attached hydrogens (tertiary/aromatic N) is 2. The molecule has 4 rings (SSSR count). The first-order valence-corrected chi connectivity index (χ1v) is 15.4. The first kappa shape index (κ1) is 27.0. The molecule has 1 aliphatic rings. The summed E-state index contributed by atoms with van der Waals surface area (Å²) in [5.41, 5.74) is 8.64. The minimum absolute atomic E-state index is 0.0838. The van der Waals surface area contributed by atoms with E-state index in [1.807, 2.05) is 25.2 Å². The number of hydrogen-bond acceptors (Lipinski definition) is 8. The molecule has 5 N–H and O–H groups in total. The summed E-state index contributed by atoms with van der Waals surface area (Å²) in [6, 6.07) is 11.2. The number of hydrogen-bond donors (Lipinski definition) is 4. The number of benzene rings is 2. The van der Waals surface area contributed by atoms with Crippen LogP contribution in [0.1, 0.15) is 57.0 Å². The van der Waals surface area contributed by atoms with Crippen LogP contribution in [0.25, 0.3) is 11.1 Å². The molecule has 0 spiro atoms. The first-order chi connectivity index (χ1) is 17.0. The lowest BCUT2D eigenvalue weighted by molar-refractivity contribution is 0.0786. The topological polar surface area (TPSA) is 126 Å². The zero-order valence-corrected chi connectivity index (χ0v) is 24.0. The van der Waals surface area contributed by atoms with E-state index in [2.05, 4.69) is 54.4 Å². The molecule has 1 amide bonds. The highest BCUT2D eigenvalue weighted by atomic mass is 28.4. The molecule has 37 heavy (non-hydrogen) atoms. The summed E-state index contributed by atoms with van der Waals surface area (Å²) >= 11 is 0. The van der Waals surface area contributed by atoms with Gasteiger partial charge in [0.25, 0.3) is 6.01 Å². The molecule has 1 aliphatic heterocycles. The van der Waals surface area contributed by atoms with E-state index in [4.69, 9.17) is 14.6 Å². The van der Waals surface area contributed by atoms with Gasteiger partial charge >= 0.3 is 0 Å². The Kier molecular flexibility index (Phi) is 6.59. The molecule has 10 heteroatoms. The van der Waals surface area contributed by atoms with Crippen LogP contribution in [0.2, 0.25) is 18.1 Å². The smallest absolute Gasteiger partial charge is 0.298 e. The highest BCUT2D eigenvalue weighted by molar-refractivity contribution is 6.74. The lowest BCUT2D eigenvalue weighted by Crippen LogP contribution is -2.57. The van der Waals surface area contributed by atoms with Crippen LogP contribution in [0, 0.1) is 0 Å². The van der Waals surface area contributed by atoms with Gasteiger partial charge in [-0.15, -0.1) is 0 Å². The number of amides is 1. The molecule has 9 nitrogen and oxygen atoms in total. The van der Waals surface area contributed by atoms with Gasteiger partial charge in [0, 0.05) is 25.6 Å². The summed E-state index contributed by atoms with van der Waals surface area (Å²) in [5.74, 6) is -1.32. The van der Waals surface area contributed by atoms with Crippen LogP contribution >= 0.6 is 0 Å². The van der Waals surface area contributed by atoms with Crippen LogP contribution < -0.4 is 21.3 Å². The second kappa shape index (κ2) is 9.04. The Morgan fingerprint density at radius 2 is 1.92 bits per heavy atom. The molecule has 2 heterocycles. The maximum Gasteiger partial charge on any atom is 0.298 e. The number of carbonyl (C=O) groups excluding carboxylic acids is 1. The van der Waals surface area contributed by atoms with Crippen LogP contribution in [0.15, 0.2) is 40.8 Å². The van der Waals surface area contributed by atoms with Crippen molar-refractivity contribution >= 4 is 42.7 Å².